The van der Waals surface area contributed by atoms with E-state index in [0.717, 1.165) is 19.3 Å². The maximum Gasteiger partial charge on any atom is 0.226 e. The topological polar surface area (TPSA) is 80.5 Å². The summed E-state index contributed by atoms with van der Waals surface area (Å²) in [5.41, 5.74) is 5.67. The Kier molecular flexibility index (Phi) is 7.32. The quantitative estimate of drug-likeness (QED) is 0.809. The molecule has 0 aliphatic heterocycles. The van der Waals surface area contributed by atoms with Gasteiger partial charge in [0, 0.05) is 25.3 Å². The highest BCUT2D eigenvalue weighted by Gasteiger charge is 2.35. The fourth-order valence-electron chi connectivity index (χ4n) is 2.67. The van der Waals surface area contributed by atoms with Gasteiger partial charge in [-0.2, -0.15) is 0 Å². The number of carbonyl (C=O) groups excluding carboxylic acids is 1. The van der Waals surface area contributed by atoms with E-state index in [9.17, 15) is 13.2 Å². The first-order valence-electron chi connectivity index (χ1n) is 6.40. The first kappa shape index (κ1) is 18.7. The molecule has 2 N–H and O–H groups in total. The van der Waals surface area contributed by atoms with Crippen LogP contribution in [-0.4, -0.2) is 50.9 Å². The van der Waals surface area contributed by atoms with Gasteiger partial charge in [-0.3, -0.25) is 4.79 Å². The second kappa shape index (κ2) is 7.45. The summed E-state index contributed by atoms with van der Waals surface area (Å²) in [7, 11) is -1.38. The Bertz CT molecular complexity index is 400. The zero-order chi connectivity index (χ0) is 13.9. The highest BCUT2D eigenvalue weighted by Crippen LogP contribution is 2.32. The van der Waals surface area contributed by atoms with E-state index >= 15 is 0 Å². The molecule has 5 nitrogen and oxygen atoms in total. The van der Waals surface area contributed by atoms with Crippen molar-refractivity contribution in [3.05, 3.63) is 0 Å². The normalized spacial score (nSPS) is 24.6. The van der Waals surface area contributed by atoms with Crippen molar-refractivity contribution in [2.75, 3.05) is 25.6 Å². The number of rotatable bonds is 5. The van der Waals surface area contributed by atoms with E-state index in [2.05, 4.69) is 0 Å². The number of sulfone groups is 1. The van der Waals surface area contributed by atoms with Crippen LogP contribution in [0.4, 0.5) is 0 Å². The SMILES string of the molecule is CC(CS(C)(=O)=O)N(C)C(=O)[C@@H]1CCC[C@@H]1CN.Cl. The van der Waals surface area contributed by atoms with Crippen LogP contribution in [0.15, 0.2) is 0 Å². The lowest BCUT2D eigenvalue weighted by Gasteiger charge is -2.29. The minimum absolute atomic E-state index is 0. The van der Waals surface area contributed by atoms with Crippen LogP contribution in [0.25, 0.3) is 0 Å². The highest BCUT2D eigenvalue weighted by atomic mass is 35.5. The number of amides is 1. The Balaban J connectivity index is 0.00000324. The molecular formula is C12H25ClN2O3S. The van der Waals surface area contributed by atoms with Crippen molar-refractivity contribution in [3.63, 3.8) is 0 Å². The second-order valence-electron chi connectivity index (χ2n) is 5.42. The highest BCUT2D eigenvalue weighted by molar-refractivity contribution is 7.90. The summed E-state index contributed by atoms with van der Waals surface area (Å²) < 4.78 is 22.5. The lowest BCUT2D eigenvalue weighted by molar-refractivity contribution is -0.136. The van der Waals surface area contributed by atoms with Gasteiger partial charge >= 0.3 is 0 Å². The van der Waals surface area contributed by atoms with Crippen molar-refractivity contribution in [1.29, 1.82) is 0 Å². The number of hydrogen-bond donors (Lipinski definition) is 1. The van der Waals surface area contributed by atoms with Crippen molar-refractivity contribution in [2.45, 2.75) is 32.2 Å². The summed E-state index contributed by atoms with van der Waals surface area (Å²) >= 11 is 0. The van der Waals surface area contributed by atoms with E-state index < -0.39 is 9.84 Å². The zero-order valence-electron chi connectivity index (χ0n) is 11.8. The average molecular weight is 313 g/mol. The van der Waals surface area contributed by atoms with E-state index in [-0.39, 0.29) is 41.9 Å². The van der Waals surface area contributed by atoms with Gasteiger partial charge in [-0.1, -0.05) is 6.42 Å². The third kappa shape index (κ3) is 5.28. The van der Waals surface area contributed by atoms with Gasteiger partial charge in [0.05, 0.1) is 5.75 Å². The molecule has 0 aromatic heterocycles. The summed E-state index contributed by atoms with van der Waals surface area (Å²) in [6.45, 7) is 2.30. The lowest BCUT2D eigenvalue weighted by atomic mass is 9.94. The van der Waals surface area contributed by atoms with Crippen LogP contribution in [0.5, 0.6) is 0 Å². The summed E-state index contributed by atoms with van der Waals surface area (Å²) in [5.74, 6) is 0.279. The number of nitrogens with zero attached hydrogens (tertiary/aromatic N) is 1. The van der Waals surface area contributed by atoms with Crippen LogP contribution in [-0.2, 0) is 14.6 Å². The second-order valence-corrected chi connectivity index (χ2v) is 7.61. The molecule has 19 heavy (non-hydrogen) atoms. The minimum Gasteiger partial charge on any atom is -0.342 e. The number of halogens is 1. The van der Waals surface area contributed by atoms with Crippen LogP contribution in [0.3, 0.4) is 0 Å². The fourth-order valence-corrected chi connectivity index (χ4v) is 3.77. The smallest absolute Gasteiger partial charge is 0.226 e. The Hall–Kier alpha value is -0.330. The van der Waals surface area contributed by atoms with E-state index in [1.54, 1.807) is 18.9 Å². The molecule has 1 aliphatic carbocycles. The molecule has 0 radical (unpaired) electrons. The van der Waals surface area contributed by atoms with Gasteiger partial charge in [-0.15, -0.1) is 12.4 Å². The molecule has 114 valence electrons. The molecule has 1 unspecified atom stereocenters. The van der Waals surface area contributed by atoms with Gasteiger partial charge in [-0.25, -0.2) is 8.42 Å². The van der Waals surface area contributed by atoms with Gasteiger partial charge in [0.15, 0.2) is 0 Å². The summed E-state index contributed by atoms with van der Waals surface area (Å²) in [6, 6.07) is -0.286. The summed E-state index contributed by atoms with van der Waals surface area (Å²) in [5, 5.41) is 0. The standard InChI is InChI=1S/C12H24N2O3S.ClH/c1-9(8-18(3,16)17)14(2)12(15)11-6-4-5-10(11)7-13;/h9-11H,4-8,13H2,1-3H3;1H/t9?,10-,11-;/m1./s1. The first-order chi connectivity index (χ1) is 8.26. The van der Waals surface area contributed by atoms with Crippen molar-refractivity contribution in [1.82, 2.24) is 4.90 Å². The Morgan fingerprint density at radius 1 is 1.42 bits per heavy atom. The van der Waals surface area contributed by atoms with Gasteiger partial charge < -0.3 is 10.6 Å². The molecule has 1 aliphatic rings. The molecule has 3 atom stereocenters. The maximum absolute atomic E-state index is 12.3. The Morgan fingerprint density at radius 2 is 2.00 bits per heavy atom. The molecule has 0 aromatic carbocycles. The van der Waals surface area contributed by atoms with E-state index in [1.807, 2.05) is 0 Å². The zero-order valence-corrected chi connectivity index (χ0v) is 13.5. The fraction of sp³-hybridized carbons (Fsp3) is 0.917. The lowest BCUT2D eigenvalue weighted by Crippen LogP contribution is -2.44. The molecule has 1 rings (SSSR count). The molecule has 1 saturated carbocycles. The molecule has 0 heterocycles. The van der Waals surface area contributed by atoms with Crippen LogP contribution in [0, 0.1) is 11.8 Å². The predicted molar refractivity (Wildman–Crippen MR) is 79.1 cm³/mol. The molecule has 7 heteroatoms. The van der Waals surface area contributed by atoms with E-state index in [0.29, 0.717) is 6.54 Å². The molecular weight excluding hydrogens is 288 g/mol. The van der Waals surface area contributed by atoms with Crippen molar-refractivity contribution in [2.24, 2.45) is 17.6 Å². The Morgan fingerprint density at radius 3 is 2.47 bits per heavy atom. The largest absolute Gasteiger partial charge is 0.342 e. The summed E-state index contributed by atoms with van der Waals surface area (Å²) in [6.07, 6.45) is 4.10. The maximum atomic E-state index is 12.3. The third-order valence-electron chi connectivity index (χ3n) is 3.83. The molecule has 1 amide bonds. The molecule has 1 fully saturated rings. The van der Waals surface area contributed by atoms with E-state index in [4.69, 9.17) is 5.73 Å². The van der Waals surface area contributed by atoms with Crippen LogP contribution in [0.2, 0.25) is 0 Å². The number of carbonyl (C=O) groups is 1. The first-order valence-corrected chi connectivity index (χ1v) is 8.46. The molecule has 0 aromatic rings. The van der Waals surface area contributed by atoms with Gasteiger partial charge in [0.25, 0.3) is 0 Å². The van der Waals surface area contributed by atoms with Crippen molar-refractivity contribution >= 4 is 28.2 Å². The van der Waals surface area contributed by atoms with Crippen LogP contribution >= 0.6 is 12.4 Å². The molecule has 0 saturated heterocycles. The van der Waals surface area contributed by atoms with Gasteiger partial charge in [-0.05, 0) is 32.2 Å². The third-order valence-corrected chi connectivity index (χ3v) is 4.92. The minimum atomic E-state index is -3.06. The summed E-state index contributed by atoms with van der Waals surface area (Å²) in [4.78, 5) is 13.9. The monoisotopic (exact) mass is 312 g/mol. The van der Waals surface area contributed by atoms with Gasteiger partial charge in [0.1, 0.15) is 9.84 Å². The Labute approximate surface area is 122 Å². The van der Waals surface area contributed by atoms with Gasteiger partial charge in [0.2, 0.25) is 5.91 Å². The van der Waals surface area contributed by atoms with Crippen molar-refractivity contribution in [3.8, 4) is 0 Å². The van der Waals surface area contributed by atoms with Crippen molar-refractivity contribution < 1.29 is 13.2 Å². The van der Waals surface area contributed by atoms with Crippen LogP contribution in [0.1, 0.15) is 26.2 Å². The number of nitrogens with two attached hydrogens (primary N) is 1. The average Bonchev–Trinajstić information content (AvgIpc) is 2.72. The number of hydrogen-bond acceptors (Lipinski definition) is 4. The van der Waals surface area contributed by atoms with Crippen LogP contribution < -0.4 is 5.73 Å². The molecule has 0 spiro atoms. The van der Waals surface area contributed by atoms with E-state index in [1.165, 1.54) is 6.26 Å². The predicted octanol–water partition coefficient (Wildman–Crippen LogP) is 0.675. The molecule has 0 bridgehead atoms.